The average Bonchev–Trinajstić information content (AvgIpc) is 3.04. The van der Waals surface area contributed by atoms with Crippen LogP contribution >= 0.6 is 11.6 Å². The van der Waals surface area contributed by atoms with Crippen molar-refractivity contribution in [2.75, 3.05) is 42.5 Å². The molecule has 0 N–H and O–H groups in total. The number of benzene rings is 2. The SMILES string of the molecule is C#CCN(c1ccc(C(=O)OC(C)(C)C)cc1)C(C)c1cc2c(=O)n(CC(=O)N3CCCCC3)c(N3CCCCC3)nc2cc1Cl. The Hall–Kier alpha value is -4.03. The second kappa shape index (κ2) is 14.2. The molecule has 3 aromatic rings. The zero-order valence-corrected chi connectivity index (χ0v) is 28.1. The maximum absolute atomic E-state index is 14.3. The van der Waals surface area contributed by atoms with E-state index in [9.17, 15) is 14.4 Å². The van der Waals surface area contributed by atoms with Gasteiger partial charge in [-0.15, -0.1) is 6.42 Å². The predicted octanol–water partition coefficient (Wildman–Crippen LogP) is 6.21. The van der Waals surface area contributed by atoms with Gasteiger partial charge in [-0.3, -0.25) is 14.2 Å². The number of likely N-dealkylation sites (tertiary alicyclic amines) is 1. The molecule has 244 valence electrons. The predicted molar refractivity (Wildman–Crippen MR) is 184 cm³/mol. The third kappa shape index (κ3) is 7.50. The van der Waals surface area contributed by atoms with E-state index in [0.717, 1.165) is 57.3 Å². The van der Waals surface area contributed by atoms with Gasteiger partial charge in [-0.25, -0.2) is 9.78 Å². The van der Waals surface area contributed by atoms with Crippen molar-refractivity contribution in [2.45, 2.75) is 84.4 Å². The zero-order chi connectivity index (χ0) is 33.0. The number of piperidine rings is 2. The van der Waals surface area contributed by atoms with Crippen LogP contribution in [0.5, 0.6) is 0 Å². The molecule has 10 heteroatoms. The van der Waals surface area contributed by atoms with E-state index in [4.69, 9.17) is 27.7 Å². The topological polar surface area (TPSA) is 88.0 Å². The fourth-order valence-corrected chi connectivity index (χ4v) is 6.58. The van der Waals surface area contributed by atoms with Crippen molar-refractivity contribution in [1.29, 1.82) is 0 Å². The zero-order valence-electron chi connectivity index (χ0n) is 27.4. The van der Waals surface area contributed by atoms with Crippen LogP contribution in [0.25, 0.3) is 10.9 Å². The van der Waals surface area contributed by atoms with Crippen LogP contribution in [0.3, 0.4) is 0 Å². The van der Waals surface area contributed by atoms with Crippen LogP contribution in [0.1, 0.15) is 88.2 Å². The molecular weight excluding hydrogens is 602 g/mol. The van der Waals surface area contributed by atoms with Gasteiger partial charge in [0.2, 0.25) is 11.9 Å². The summed E-state index contributed by atoms with van der Waals surface area (Å²) in [6.45, 7) is 10.7. The number of terminal acetylenes is 1. The van der Waals surface area contributed by atoms with Crippen molar-refractivity contribution in [1.82, 2.24) is 14.5 Å². The van der Waals surface area contributed by atoms with Gasteiger partial charge in [0.1, 0.15) is 12.1 Å². The van der Waals surface area contributed by atoms with E-state index in [1.54, 1.807) is 28.8 Å². The summed E-state index contributed by atoms with van der Waals surface area (Å²) in [5.41, 5.74) is 1.57. The van der Waals surface area contributed by atoms with Crippen molar-refractivity contribution in [3.8, 4) is 12.3 Å². The Morgan fingerprint density at radius 3 is 2.26 bits per heavy atom. The van der Waals surface area contributed by atoms with E-state index >= 15 is 0 Å². The summed E-state index contributed by atoms with van der Waals surface area (Å²) in [6, 6.07) is 10.3. The number of fused-ring (bicyclic) bond motifs is 1. The van der Waals surface area contributed by atoms with Crippen molar-refractivity contribution in [3.05, 3.63) is 62.9 Å². The van der Waals surface area contributed by atoms with Gasteiger partial charge in [0.05, 0.1) is 29.1 Å². The first-order valence-corrected chi connectivity index (χ1v) is 16.6. The fourth-order valence-electron chi connectivity index (χ4n) is 6.27. The first-order chi connectivity index (χ1) is 22.0. The molecule has 0 bridgehead atoms. The molecule has 0 spiro atoms. The summed E-state index contributed by atoms with van der Waals surface area (Å²) < 4.78 is 7.06. The smallest absolute Gasteiger partial charge is 0.338 e. The van der Waals surface area contributed by atoms with Gasteiger partial charge in [0.15, 0.2) is 0 Å². The number of nitrogens with zero attached hydrogens (tertiary/aromatic N) is 5. The molecule has 2 saturated heterocycles. The third-order valence-electron chi connectivity index (χ3n) is 8.71. The number of ether oxygens (including phenoxy) is 1. The maximum atomic E-state index is 14.3. The lowest BCUT2D eigenvalue weighted by Gasteiger charge is -2.32. The van der Waals surface area contributed by atoms with Crippen molar-refractivity contribution in [2.24, 2.45) is 0 Å². The van der Waals surface area contributed by atoms with Gasteiger partial charge in [-0.2, -0.15) is 0 Å². The van der Waals surface area contributed by atoms with Gasteiger partial charge in [-0.05, 0) is 108 Å². The van der Waals surface area contributed by atoms with E-state index in [1.807, 2.05) is 49.6 Å². The summed E-state index contributed by atoms with van der Waals surface area (Å²) in [4.78, 5) is 51.2. The minimum absolute atomic E-state index is 0.0473. The molecule has 46 heavy (non-hydrogen) atoms. The molecule has 1 unspecified atom stereocenters. The second-order valence-electron chi connectivity index (χ2n) is 13.2. The largest absolute Gasteiger partial charge is 0.456 e. The highest BCUT2D eigenvalue weighted by Crippen LogP contribution is 2.34. The van der Waals surface area contributed by atoms with Crippen molar-refractivity contribution >= 4 is 46.0 Å². The van der Waals surface area contributed by atoms with Crippen molar-refractivity contribution in [3.63, 3.8) is 0 Å². The summed E-state index contributed by atoms with van der Waals surface area (Å²) >= 11 is 6.91. The number of hydrogen-bond acceptors (Lipinski definition) is 7. The molecule has 0 saturated carbocycles. The van der Waals surface area contributed by atoms with Crippen LogP contribution in [0.2, 0.25) is 5.02 Å². The first-order valence-electron chi connectivity index (χ1n) is 16.3. The molecular formula is C36H44ClN5O4. The van der Waals surface area contributed by atoms with Crippen molar-refractivity contribution < 1.29 is 14.3 Å². The van der Waals surface area contributed by atoms with Gasteiger partial charge in [0, 0.05) is 36.9 Å². The Kier molecular flexibility index (Phi) is 10.3. The number of carbonyl (C=O) groups is 2. The number of carbonyl (C=O) groups excluding carboxylic acids is 2. The van der Waals surface area contributed by atoms with Crippen LogP contribution in [-0.4, -0.2) is 64.7 Å². The molecule has 5 rings (SSSR count). The van der Waals surface area contributed by atoms with Gasteiger partial charge >= 0.3 is 5.97 Å². The molecule has 1 amide bonds. The molecule has 1 aromatic heterocycles. The highest BCUT2D eigenvalue weighted by Gasteiger charge is 2.26. The van der Waals surface area contributed by atoms with Gasteiger partial charge in [0.25, 0.3) is 5.56 Å². The van der Waals surface area contributed by atoms with E-state index in [2.05, 4.69) is 10.8 Å². The Labute approximate surface area is 276 Å². The normalized spacial score (nSPS) is 16.2. The van der Waals surface area contributed by atoms with Gasteiger partial charge < -0.3 is 19.4 Å². The number of rotatable bonds is 8. The standard InChI is InChI=1S/C36H44ClN5O4/c1-6-17-41(27-15-13-26(14-16-27)34(45)46-36(3,4)5)25(2)28-22-29-31(23-30(28)37)38-35(40-20-11-8-12-21-40)42(33(29)44)24-32(43)39-18-9-7-10-19-39/h1,13-16,22-23,25H,7-12,17-21,24H2,2-5H3. The van der Waals surface area contributed by atoms with Gasteiger partial charge in [-0.1, -0.05) is 17.5 Å². The summed E-state index contributed by atoms with van der Waals surface area (Å²) in [6.07, 6.45) is 12.0. The number of halogens is 1. The number of esters is 1. The van der Waals surface area contributed by atoms with Crippen LogP contribution in [-0.2, 0) is 16.1 Å². The molecule has 2 fully saturated rings. The third-order valence-corrected chi connectivity index (χ3v) is 9.03. The van der Waals surface area contributed by atoms with E-state index in [1.165, 1.54) is 0 Å². The highest BCUT2D eigenvalue weighted by atomic mass is 35.5. The monoisotopic (exact) mass is 645 g/mol. The molecule has 1 atom stereocenters. The Balaban J connectivity index is 1.52. The minimum atomic E-state index is -0.602. The number of anilines is 2. The Bertz CT molecular complexity index is 1680. The number of amides is 1. The lowest BCUT2D eigenvalue weighted by molar-refractivity contribution is -0.132. The van der Waals surface area contributed by atoms with Crippen LogP contribution in [0, 0.1) is 12.3 Å². The van der Waals surface area contributed by atoms with E-state index < -0.39 is 11.6 Å². The molecule has 2 aliphatic rings. The maximum Gasteiger partial charge on any atom is 0.338 e. The van der Waals surface area contributed by atoms with Crippen LogP contribution < -0.4 is 15.4 Å². The van der Waals surface area contributed by atoms with E-state index in [-0.39, 0.29) is 30.6 Å². The fraction of sp³-hybridized carbons (Fsp3) is 0.500. The number of aromatic nitrogens is 2. The van der Waals surface area contributed by atoms with Crippen LogP contribution in [0.15, 0.2) is 41.2 Å². The summed E-state index contributed by atoms with van der Waals surface area (Å²) in [5.74, 6) is 2.79. The number of hydrogen-bond donors (Lipinski definition) is 0. The summed E-state index contributed by atoms with van der Waals surface area (Å²) in [7, 11) is 0. The molecule has 3 heterocycles. The Morgan fingerprint density at radius 2 is 1.65 bits per heavy atom. The molecule has 9 nitrogen and oxygen atoms in total. The first kappa shape index (κ1) is 33.3. The quantitative estimate of drug-likeness (QED) is 0.213. The molecule has 2 aliphatic heterocycles. The molecule has 0 aliphatic carbocycles. The van der Waals surface area contributed by atoms with Crippen LogP contribution in [0.4, 0.5) is 11.6 Å². The highest BCUT2D eigenvalue weighted by molar-refractivity contribution is 6.32. The summed E-state index contributed by atoms with van der Waals surface area (Å²) in [5, 5.41) is 0.866. The lowest BCUT2D eigenvalue weighted by Crippen LogP contribution is -2.42. The minimum Gasteiger partial charge on any atom is -0.456 e. The molecule has 0 radical (unpaired) electrons. The average molecular weight is 646 g/mol. The molecule has 2 aromatic carbocycles. The lowest BCUT2D eigenvalue weighted by atomic mass is 10.0. The Morgan fingerprint density at radius 1 is 1.02 bits per heavy atom. The second-order valence-corrected chi connectivity index (χ2v) is 13.6. The van der Waals surface area contributed by atoms with E-state index in [0.29, 0.717) is 46.1 Å².